The molecule has 0 amide bonds. The van der Waals surface area contributed by atoms with Gasteiger partial charge < -0.3 is 8.90 Å². The predicted molar refractivity (Wildman–Crippen MR) is 91.2 cm³/mol. The third kappa shape index (κ3) is 9.73. The molecule has 0 radical (unpaired) electrons. The van der Waals surface area contributed by atoms with Gasteiger partial charge in [-0.15, -0.1) is 0 Å². The second-order valence-corrected chi connectivity index (χ2v) is 7.08. The van der Waals surface area contributed by atoms with Gasteiger partial charge in [-0.2, -0.15) is 0 Å². The first kappa shape index (κ1) is 18.3. The van der Waals surface area contributed by atoms with E-state index in [1.807, 2.05) is 6.07 Å². The van der Waals surface area contributed by atoms with Crippen LogP contribution in [0.2, 0.25) is 0 Å². The summed E-state index contributed by atoms with van der Waals surface area (Å²) in [6.07, 6.45) is 15.9. The Labute approximate surface area is 132 Å². The van der Waals surface area contributed by atoms with Crippen molar-refractivity contribution in [2.24, 2.45) is 0 Å². The molecule has 21 heavy (non-hydrogen) atoms. The lowest BCUT2D eigenvalue weighted by Gasteiger charge is -2.28. The van der Waals surface area contributed by atoms with Crippen LogP contribution < -0.4 is 0 Å². The van der Waals surface area contributed by atoms with E-state index in [4.69, 9.17) is 4.42 Å². The Kier molecular flexibility index (Phi) is 9.49. The molecular formula is C19H36NO+. The second kappa shape index (κ2) is 10.9. The van der Waals surface area contributed by atoms with Crippen molar-refractivity contribution in [1.82, 2.24) is 0 Å². The highest BCUT2D eigenvalue weighted by Crippen LogP contribution is 2.14. The minimum atomic E-state index is 1.00. The summed E-state index contributed by atoms with van der Waals surface area (Å²) in [6, 6.07) is 4.06. The zero-order valence-electron chi connectivity index (χ0n) is 14.6. The topological polar surface area (TPSA) is 13.1 Å². The minimum absolute atomic E-state index is 1.00. The number of rotatable bonds is 13. The van der Waals surface area contributed by atoms with Gasteiger partial charge >= 0.3 is 0 Å². The van der Waals surface area contributed by atoms with E-state index in [2.05, 4.69) is 27.1 Å². The van der Waals surface area contributed by atoms with Crippen LogP contribution >= 0.6 is 0 Å². The first-order chi connectivity index (χ1) is 10.1. The lowest BCUT2D eigenvalue weighted by molar-refractivity contribution is -0.904. The van der Waals surface area contributed by atoms with E-state index in [9.17, 15) is 0 Å². The third-order valence-corrected chi connectivity index (χ3v) is 4.28. The van der Waals surface area contributed by atoms with Crippen LogP contribution in [0.25, 0.3) is 0 Å². The predicted octanol–water partition coefficient (Wildman–Crippen LogP) is 5.78. The molecule has 0 spiro atoms. The number of hydrogen-bond donors (Lipinski definition) is 0. The van der Waals surface area contributed by atoms with Gasteiger partial charge in [0.15, 0.2) is 5.76 Å². The molecule has 0 unspecified atom stereocenters. The van der Waals surface area contributed by atoms with E-state index in [1.54, 1.807) is 6.26 Å². The van der Waals surface area contributed by atoms with Crippen molar-refractivity contribution in [2.45, 2.75) is 77.7 Å². The van der Waals surface area contributed by atoms with Crippen molar-refractivity contribution in [2.75, 3.05) is 20.6 Å². The Bertz CT molecular complexity index is 329. The average Bonchev–Trinajstić information content (AvgIpc) is 2.93. The molecule has 2 nitrogen and oxygen atoms in total. The number of furan rings is 1. The largest absolute Gasteiger partial charge is 0.463 e. The van der Waals surface area contributed by atoms with Crippen molar-refractivity contribution in [3.8, 4) is 0 Å². The summed E-state index contributed by atoms with van der Waals surface area (Å²) in [6.45, 7) is 4.54. The zero-order valence-corrected chi connectivity index (χ0v) is 14.6. The highest BCUT2D eigenvalue weighted by atomic mass is 16.3. The molecule has 0 aliphatic carbocycles. The summed E-state index contributed by atoms with van der Waals surface area (Å²) in [5, 5.41) is 0. The molecule has 0 N–H and O–H groups in total. The Morgan fingerprint density at radius 3 is 1.95 bits per heavy atom. The van der Waals surface area contributed by atoms with Gasteiger partial charge in [-0.3, -0.25) is 0 Å². The van der Waals surface area contributed by atoms with Gasteiger partial charge in [-0.25, -0.2) is 0 Å². The Morgan fingerprint density at radius 1 is 0.857 bits per heavy atom. The normalized spacial score (nSPS) is 12.0. The van der Waals surface area contributed by atoms with E-state index < -0.39 is 0 Å². The summed E-state index contributed by atoms with van der Waals surface area (Å²) >= 11 is 0. The van der Waals surface area contributed by atoms with Crippen molar-refractivity contribution < 1.29 is 8.90 Å². The highest BCUT2D eigenvalue weighted by molar-refractivity contribution is 4.96. The van der Waals surface area contributed by atoms with Crippen LogP contribution in [-0.4, -0.2) is 25.1 Å². The molecule has 1 aromatic rings. The van der Waals surface area contributed by atoms with E-state index >= 15 is 0 Å². The highest BCUT2D eigenvalue weighted by Gasteiger charge is 2.16. The van der Waals surface area contributed by atoms with Crippen LogP contribution in [0.4, 0.5) is 0 Å². The molecule has 0 bridgehead atoms. The Hall–Kier alpha value is -0.760. The van der Waals surface area contributed by atoms with E-state index in [1.165, 1.54) is 70.8 Å². The second-order valence-electron chi connectivity index (χ2n) is 7.08. The van der Waals surface area contributed by atoms with Crippen LogP contribution in [0.1, 0.15) is 76.9 Å². The average molecular weight is 295 g/mol. The van der Waals surface area contributed by atoms with Crippen LogP contribution in [0.15, 0.2) is 22.8 Å². The van der Waals surface area contributed by atoms with Crippen LogP contribution in [0.3, 0.4) is 0 Å². The Morgan fingerprint density at radius 2 is 1.43 bits per heavy atom. The fourth-order valence-electron chi connectivity index (χ4n) is 2.93. The monoisotopic (exact) mass is 294 g/mol. The maximum Gasteiger partial charge on any atom is 0.158 e. The number of nitrogens with zero attached hydrogens (tertiary/aromatic N) is 1. The van der Waals surface area contributed by atoms with Gasteiger partial charge in [0.05, 0.1) is 26.9 Å². The maximum atomic E-state index is 5.45. The van der Waals surface area contributed by atoms with Crippen LogP contribution in [0, 0.1) is 0 Å². The summed E-state index contributed by atoms with van der Waals surface area (Å²) in [4.78, 5) is 0. The molecule has 0 aromatic carbocycles. The van der Waals surface area contributed by atoms with Gasteiger partial charge in [0.2, 0.25) is 0 Å². The Balaban J connectivity index is 1.93. The molecule has 0 aliphatic rings. The van der Waals surface area contributed by atoms with Crippen LogP contribution in [0.5, 0.6) is 0 Å². The van der Waals surface area contributed by atoms with Gasteiger partial charge in [-0.1, -0.05) is 58.3 Å². The fourth-order valence-corrected chi connectivity index (χ4v) is 2.93. The van der Waals surface area contributed by atoms with Crippen molar-refractivity contribution >= 4 is 0 Å². The SMILES string of the molecule is CCCCCCCCCCCC[N+](C)(C)Cc1ccco1. The van der Waals surface area contributed by atoms with Crippen molar-refractivity contribution in [3.63, 3.8) is 0 Å². The molecule has 0 atom stereocenters. The number of hydrogen-bond acceptors (Lipinski definition) is 1. The standard InChI is InChI=1S/C19H36NO/c1-4-5-6-7-8-9-10-11-12-13-16-20(2,3)18-19-15-14-17-21-19/h14-15,17H,4-13,16,18H2,1-3H3/q+1. The number of unbranched alkanes of at least 4 members (excludes halogenated alkanes) is 9. The smallest absolute Gasteiger partial charge is 0.158 e. The molecule has 0 aliphatic heterocycles. The molecule has 2 heteroatoms. The van der Waals surface area contributed by atoms with E-state index in [0.29, 0.717) is 0 Å². The van der Waals surface area contributed by atoms with Crippen LogP contribution in [-0.2, 0) is 6.54 Å². The molecule has 0 saturated heterocycles. The molecule has 0 saturated carbocycles. The van der Waals surface area contributed by atoms with Gasteiger partial charge in [-0.05, 0) is 25.0 Å². The first-order valence-corrected chi connectivity index (χ1v) is 8.98. The van der Waals surface area contributed by atoms with Gasteiger partial charge in [0.1, 0.15) is 6.54 Å². The molecule has 0 fully saturated rings. The first-order valence-electron chi connectivity index (χ1n) is 8.98. The molecule has 1 aromatic heterocycles. The maximum absolute atomic E-state index is 5.45. The summed E-state index contributed by atoms with van der Waals surface area (Å²) in [7, 11) is 4.60. The molecule has 122 valence electrons. The quantitative estimate of drug-likeness (QED) is 0.332. The summed E-state index contributed by atoms with van der Waals surface area (Å²) < 4.78 is 6.49. The molecular weight excluding hydrogens is 258 g/mol. The lowest BCUT2D eigenvalue weighted by atomic mass is 10.1. The van der Waals surface area contributed by atoms with Gasteiger partial charge in [0, 0.05) is 0 Å². The van der Waals surface area contributed by atoms with Gasteiger partial charge in [0.25, 0.3) is 0 Å². The third-order valence-electron chi connectivity index (χ3n) is 4.28. The zero-order chi connectivity index (χ0) is 15.4. The van der Waals surface area contributed by atoms with E-state index in [-0.39, 0.29) is 0 Å². The number of quaternary nitrogens is 1. The lowest BCUT2D eigenvalue weighted by Crippen LogP contribution is -2.39. The van der Waals surface area contributed by atoms with E-state index in [0.717, 1.165) is 16.8 Å². The summed E-state index contributed by atoms with van der Waals surface area (Å²) in [5.41, 5.74) is 0. The molecule has 1 rings (SSSR count). The van der Waals surface area contributed by atoms with Crippen molar-refractivity contribution in [1.29, 1.82) is 0 Å². The minimum Gasteiger partial charge on any atom is -0.463 e. The van der Waals surface area contributed by atoms with Crippen molar-refractivity contribution in [3.05, 3.63) is 24.2 Å². The fraction of sp³-hybridized carbons (Fsp3) is 0.789. The molecule has 1 heterocycles. The summed E-state index contributed by atoms with van der Waals surface area (Å²) in [5.74, 6) is 1.10.